The van der Waals surface area contributed by atoms with Gasteiger partial charge in [0.1, 0.15) is 0 Å². The van der Waals surface area contributed by atoms with E-state index >= 15 is 0 Å². The highest BCUT2D eigenvalue weighted by atomic mass is 19.1. The zero-order valence-electron chi connectivity index (χ0n) is 20.3. The molecule has 0 aliphatic carbocycles. The molecule has 2 aliphatic rings. The van der Waals surface area contributed by atoms with Crippen LogP contribution in [0.1, 0.15) is 68.4 Å². The maximum absolute atomic E-state index is 12.3. The van der Waals surface area contributed by atoms with E-state index in [4.69, 9.17) is 16.1 Å². The standard InChI is InChI=1S/C28H29FN4O/c1-19(34-13-5-3-2-4-12-29)27-17-26-16-24-9-8-22(31-24)14-20-6-7-21(30-20)15-23-10-11-25(32-23)18-28(27)33-26/h6-11,14-19,30,33H,2-5,12-13H2,1H3/i17D. The Hall–Kier alpha value is -3.51. The molecule has 3 aromatic rings. The van der Waals surface area contributed by atoms with E-state index in [1.54, 1.807) is 0 Å². The van der Waals surface area contributed by atoms with E-state index in [9.17, 15) is 4.39 Å². The third-order valence-corrected chi connectivity index (χ3v) is 5.92. The summed E-state index contributed by atoms with van der Waals surface area (Å²) in [4.78, 5) is 16.2. The van der Waals surface area contributed by atoms with Crippen molar-refractivity contribution in [1.29, 1.82) is 0 Å². The van der Waals surface area contributed by atoms with Gasteiger partial charge in [0.2, 0.25) is 0 Å². The van der Waals surface area contributed by atoms with Crippen molar-refractivity contribution < 1.29 is 10.5 Å². The zero-order valence-corrected chi connectivity index (χ0v) is 19.3. The van der Waals surface area contributed by atoms with Crippen LogP contribution in [0.4, 0.5) is 4.39 Å². The normalized spacial score (nSPS) is 13.9. The molecule has 8 bridgehead atoms. The average molecular weight is 458 g/mol. The first-order chi connectivity index (χ1) is 17.1. The number of aromatic amines is 2. The van der Waals surface area contributed by atoms with Crippen molar-refractivity contribution in [2.45, 2.75) is 38.7 Å². The number of halogens is 1. The van der Waals surface area contributed by atoms with Crippen LogP contribution in [0.25, 0.3) is 46.4 Å². The van der Waals surface area contributed by atoms with Gasteiger partial charge in [0.15, 0.2) is 0 Å². The molecule has 5 heterocycles. The van der Waals surface area contributed by atoms with Crippen molar-refractivity contribution in [2.24, 2.45) is 0 Å². The number of alkyl halides is 1. The van der Waals surface area contributed by atoms with Crippen LogP contribution < -0.4 is 0 Å². The van der Waals surface area contributed by atoms with Crippen molar-refractivity contribution in [1.82, 2.24) is 19.9 Å². The van der Waals surface area contributed by atoms with E-state index in [-0.39, 0.29) is 12.8 Å². The van der Waals surface area contributed by atoms with Gasteiger partial charge in [0.25, 0.3) is 0 Å². The molecule has 0 amide bonds. The lowest BCUT2D eigenvalue weighted by molar-refractivity contribution is 0.0637. The summed E-state index contributed by atoms with van der Waals surface area (Å²) in [6.07, 6.45) is 10.9. The predicted molar refractivity (Wildman–Crippen MR) is 138 cm³/mol. The lowest BCUT2D eigenvalue weighted by Crippen LogP contribution is -2.01. The van der Waals surface area contributed by atoms with Crippen molar-refractivity contribution in [2.75, 3.05) is 13.3 Å². The molecule has 174 valence electrons. The second kappa shape index (κ2) is 10.2. The summed E-state index contributed by atoms with van der Waals surface area (Å²) in [5.41, 5.74) is 7.51. The van der Waals surface area contributed by atoms with E-state index in [0.29, 0.717) is 24.6 Å². The minimum absolute atomic E-state index is 0.264. The Labute approximate surface area is 199 Å². The quantitative estimate of drug-likeness (QED) is 0.241. The number of unbranched alkanes of at least 4 members (excludes halogenated alkanes) is 3. The first-order valence-corrected chi connectivity index (χ1v) is 11.8. The van der Waals surface area contributed by atoms with E-state index < -0.39 is 0 Å². The Bertz CT molecular complexity index is 1440. The highest BCUT2D eigenvalue weighted by Crippen LogP contribution is 2.26. The summed E-state index contributed by atoms with van der Waals surface area (Å²) in [7, 11) is 0. The van der Waals surface area contributed by atoms with Crippen LogP contribution in [0.3, 0.4) is 0 Å². The summed E-state index contributed by atoms with van der Waals surface area (Å²) >= 11 is 0. The van der Waals surface area contributed by atoms with E-state index in [1.165, 1.54) is 0 Å². The number of hydrogen-bond donors (Lipinski definition) is 2. The summed E-state index contributed by atoms with van der Waals surface area (Å²) in [6, 6.07) is 12.3. The van der Waals surface area contributed by atoms with Crippen LogP contribution in [0.15, 0.2) is 42.4 Å². The van der Waals surface area contributed by atoms with Crippen molar-refractivity contribution in [3.05, 3.63) is 70.8 Å². The molecule has 0 saturated heterocycles. The van der Waals surface area contributed by atoms with Crippen LogP contribution >= 0.6 is 0 Å². The lowest BCUT2D eigenvalue weighted by atomic mass is 10.1. The molecule has 34 heavy (non-hydrogen) atoms. The van der Waals surface area contributed by atoms with Gasteiger partial charge in [-0.3, -0.25) is 4.39 Å². The van der Waals surface area contributed by atoms with E-state index in [0.717, 1.165) is 64.2 Å². The monoisotopic (exact) mass is 457 g/mol. The van der Waals surface area contributed by atoms with Gasteiger partial charge in [-0.25, -0.2) is 9.97 Å². The molecule has 5 nitrogen and oxygen atoms in total. The van der Waals surface area contributed by atoms with Gasteiger partial charge in [-0.2, -0.15) is 0 Å². The Morgan fingerprint density at radius 2 is 1.41 bits per heavy atom. The average Bonchev–Trinajstić information content (AvgIpc) is 3.62. The van der Waals surface area contributed by atoms with Crippen LogP contribution in [0, 0.1) is 0 Å². The number of nitrogens with zero attached hydrogens (tertiary/aromatic N) is 2. The highest BCUT2D eigenvalue weighted by Gasteiger charge is 2.12. The summed E-state index contributed by atoms with van der Waals surface area (Å²) in [5, 5.41) is 0. The number of H-pyrrole nitrogens is 2. The number of nitrogens with one attached hydrogen (secondary N) is 2. The van der Waals surface area contributed by atoms with Crippen LogP contribution in [0.2, 0.25) is 0 Å². The van der Waals surface area contributed by atoms with Crippen LogP contribution in [-0.2, 0) is 4.74 Å². The third kappa shape index (κ3) is 5.34. The molecule has 0 saturated carbocycles. The number of ether oxygens (including phenoxy) is 1. The number of rotatable bonds is 8. The Morgan fingerprint density at radius 1 is 0.824 bits per heavy atom. The molecule has 0 spiro atoms. The Balaban J connectivity index is 1.59. The maximum atomic E-state index is 12.3. The minimum Gasteiger partial charge on any atom is -0.374 e. The topological polar surface area (TPSA) is 66.6 Å². The van der Waals surface area contributed by atoms with Gasteiger partial charge < -0.3 is 14.7 Å². The van der Waals surface area contributed by atoms with Gasteiger partial charge in [-0.1, -0.05) is 12.8 Å². The molecule has 2 N–H and O–H groups in total. The van der Waals surface area contributed by atoms with Crippen molar-refractivity contribution >= 4 is 46.4 Å². The number of aromatic nitrogens is 4. The fourth-order valence-electron chi connectivity index (χ4n) is 4.18. The van der Waals surface area contributed by atoms with Crippen molar-refractivity contribution in [3.63, 3.8) is 0 Å². The lowest BCUT2D eigenvalue weighted by Gasteiger charge is -2.12. The van der Waals surface area contributed by atoms with Crippen molar-refractivity contribution in [3.8, 4) is 0 Å². The molecular weight excluding hydrogens is 427 g/mol. The van der Waals surface area contributed by atoms with Gasteiger partial charge in [-0.05, 0) is 86.5 Å². The second-order valence-electron chi connectivity index (χ2n) is 8.64. The molecule has 0 fully saturated rings. The van der Waals surface area contributed by atoms with E-state index in [2.05, 4.69) is 9.97 Å². The molecule has 2 aliphatic heterocycles. The first-order valence-electron chi connectivity index (χ1n) is 12.3. The van der Waals surface area contributed by atoms with Crippen LogP contribution in [-0.4, -0.2) is 33.2 Å². The van der Waals surface area contributed by atoms with Gasteiger partial charge in [0, 0.05) is 34.2 Å². The Morgan fingerprint density at radius 3 is 2.06 bits per heavy atom. The van der Waals surface area contributed by atoms with Gasteiger partial charge in [-0.15, -0.1) is 0 Å². The molecule has 3 aromatic heterocycles. The largest absolute Gasteiger partial charge is 0.374 e. The zero-order chi connectivity index (χ0) is 24.2. The fourth-order valence-corrected chi connectivity index (χ4v) is 4.18. The predicted octanol–water partition coefficient (Wildman–Crippen LogP) is 7.26. The van der Waals surface area contributed by atoms with Gasteiger partial charge >= 0.3 is 0 Å². The second-order valence-corrected chi connectivity index (χ2v) is 8.64. The SMILES string of the molecule is [2H]c1c(C(C)OCCCCCCF)c2cc3nc(cc4ccc(cc5nc(cc1[nH]2)C=C5)[nH]4)C=C3. The molecule has 6 heteroatoms. The summed E-state index contributed by atoms with van der Waals surface area (Å²) in [6.45, 7) is 2.28. The Kier molecular flexibility index (Phi) is 6.30. The van der Waals surface area contributed by atoms with E-state index in [1.807, 2.05) is 67.6 Å². The third-order valence-electron chi connectivity index (χ3n) is 5.92. The highest BCUT2D eigenvalue weighted by molar-refractivity contribution is 5.78. The fraction of sp³-hybridized carbons (Fsp3) is 0.286. The number of fused-ring (bicyclic) bond motifs is 8. The molecule has 0 radical (unpaired) electrons. The maximum Gasteiger partial charge on any atom is 0.0894 e. The molecular formula is C28H29FN4O. The van der Waals surface area contributed by atoms with Gasteiger partial charge in [0.05, 0.1) is 36.9 Å². The summed E-state index contributed by atoms with van der Waals surface area (Å²) in [5.74, 6) is 0. The smallest absolute Gasteiger partial charge is 0.0894 e. The van der Waals surface area contributed by atoms with Crippen LogP contribution in [0.5, 0.6) is 0 Å². The number of hydrogen-bond acceptors (Lipinski definition) is 3. The minimum atomic E-state index is -0.273. The molecule has 1 unspecified atom stereocenters. The summed E-state index contributed by atoms with van der Waals surface area (Å²) < 4.78 is 27.3. The molecule has 0 aromatic carbocycles. The first kappa shape index (κ1) is 21.1. The molecule has 5 rings (SSSR count). The molecule has 1 atom stereocenters.